The van der Waals surface area contributed by atoms with Crippen LogP contribution in [0.2, 0.25) is 0 Å². The minimum absolute atomic E-state index is 0.384. The van der Waals surface area contributed by atoms with E-state index in [9.17, 15) is 9.59 Å². The lowest BCUT2D eigenvalue weighted by molar-refractivity contribution is 0.352. The average Bonchev–Trinajstić information content (AvgIpc) is 3.33. The maximum Gasteiger partial charge on any atom is 0.329 e. The van der Waals surface area contributed by atoms with Crippen LogP contribution in [0.1, 0.15) is 20.3 Å². The number of H-pyrrole nitrogens is 1. The van der Waals surface area contributed by atoms with Crippen LogP contribution in [-0.2, 0) is 13.6 Å². The highest BCUT2D eigenvalue weighted by Crippen LogP contribution is 2.31. The molecule has 0 unspecified atom stereocenters. The fraction of sp³-hybridized carbons (Fsp3) is 0.455. The van der Waals surface area contributed by atoms with Crippen molar-refractivity contribution in [2.45, 2.75) is 31.2 Å². The van der Waals surface area contributed by atoms with E-state index in [-0.39, 0.29) is 5.56 Å². The number of para-hydroxylation sites is 1. The van der Waals surface area contributed by atoms with Gasteiger partial charge in [0.05, 0.1) is 10.2 Å². The van der Waals surface area contributed by atoms with Crippen LogP contribution in [-0.4, -0.2) is 42.9 Å². The average molecular weight is 471 g/mol. The van der Waals surface area contributed by atoms with Gasteiger partial charge in [0.25, 0.3) is 5.56 Å². The molecule has 4 aromatic rings. The molecular weight excluding hydrogens is 444 g/mol. The number of anilines is 1. The molecule has 0 saturated carbocycles. The first kappa shape index (κ1) is 21.3. The van der Waals surface area contributed by atoms with Gasteiger partial charge < -0.3 is 9.47 Å². The van der Waals surface area contributed by atoms with Gasteiger partial charge in [-0.15, -0.1) is 11.3 Å². The van der Waals surface area contributed by atoms with E-state index < -0.39 is 5.69 Å². The van der Waals surface area contributed by atoms with Gasteiger partial charge in [-0.05, 0) is 30.4 Å². The second-order valence-electron chi connectivity index (χ2n) is 8.70. The van der Waals surface area contributed by atoms with Gasteiger partial charge in [-0.3, -0.25) is 14.3 Å². The number of piperidine rings is 1. The summed E-state index contributed by atoms with van der Waals surface area (Å²) in [6.07, 6.45) is 1.18. The van der Waals surface area contributed by atoms with Crippen LogP contribution in [0.5, 0.6) is 0 Å². The number of thiazole rings is 1. The van der Waals surface area contributed by atoms with Crippen molar-refractivity contribution in [3.63, 3.8) is 0 Å². The quantitative estimate of drug-likeness (QED) is 0.450. The first-order chi connectivity index (χ1) is 15.4. The van der Waals surface area contributed by atoms with E-state index in [0.29, 0.717) is 29.5 Å². The molecule has 0 spiro atoms. The maximum atomic E-state index is 12.8. The Labute approximate surface area is 193 Å². The summed E-state index contributed by atoms with van der Waals surface area (Å²) >= 11 is 3.36. The number of thioether (sulfide) groups is 1. The number of benzene rings is 1. The summed E-state index contributed by atoms with van der Waals surface area (Å²) in [5, 5.41) is 0. The molecular formula is C22H26N6O2S2. The monoisotopic (exact) mass is 470 g/mol. The van der Waals surface area contributed by atoms with Crippen LogP contribution in [0.25, 0.3) is 21.4 Å². The Morgan fingerprint density at radius 1 is 1.16 bits per heavy atom. The third-order valence-corrected chi connectivity index (χ3v) is 8.11. The molecule has 8 nitrogen and oxygen atoms in total. The number of aromatic nitrogens is 5. The predicted molar refractivity (Wildman–Crippen MR) is 131 cm³/mol. The largest absolute Gasteiger partial charge is 0.342 e. The normalized spacial score (nSPS) is 19.3. The molecule has 1 aliphatic rings. The Morgan fingerprint density at radius 3 is 2.66 bits per heavy atom. The van der Waals surface area contributed by atoms with Crippen molar-refractivity contribution in [1.82, 2.24) is 24.1 Å². The van der Waals surface area contributed by atoms with Crippen LogP contribution < -0.4 is 16.1 Å². The Hall–Kier alpha value is -2.59. The summed E-state index contributed by atoms with van der Waals surface area (Å²) in [4.78, 5) is 39.2. The molecule has 1 aromatic carbocycles. The molecule has 0 aliphatic carbocycles. The number of aryl methyl sites for hydroxylation is 2. The summed E-state index contributed by atoms with van der Waals surface area (Å²) < 4.78 is 5.60. The highest BCUT2D eigenvalue weighted by Gasteiger charge is 2.27. The first-order valence-corrected chi connectivity index (χ1v) is 12.6. The number of aromatic amines is 1. The molecule has 0 amide bonds. The van der Waals surface area contributed by atoms with E-state index in [1.54, 1.807) is 30.1 Å². The molecule has 168 valence electrons. The smallest absolute Gasteiger partial charge is 0.329 e. The van der Waals surface area contributed by atoms with Gasteiger partial charge in [0.15, 0.2) is 15.5 Å². The van der Waals surface area contributed by atoms with Crippen molar-refractivity contribution in [3.05, 3.63) is 45.1 Å². The second kappa shape index (κ2) is 8.40. The number of hydrogen-bond donors (Lipinski definition) is 1. The van der Waals surface area contributed by atoms with Crippen molar-refractivity contribution in [2.75, 3.05) is 23.7 Å². The van der Waals surface area contributed by atoms with E-state index in [1.807, 2.05) is 22.8 Å². The number of hydrogen-bond acceptors (Lipinski definition) is 7. The number of nitrogens with zero attached hydrogens (tertiary/aromatic N) is 5. The van der Waals surface area contributed by atoms with Crippen molar-refractivity contribution in [3.8, 4) is 0 Å². The van der Waals surface area contributed by atoms with Gasteiger partial charge in [-0.1, -0.05) is 37.7 Å². The van der Waals surface area contributed by atoms with Crippen molar-refractivity contribution < 1.29 is 0 Å². The summed E-state index contributed by atoms with van der Waals surface area (Å²) in [6, 6.07) is 8.13. The Balaban J connectivity index is 1.50. The molecule has 0 bridgehead atoms. The van der Waals surface area contributed by atoms with Gasteiger partial charge in [-0.25, -0.2) is 9.78 Å². The van der Waals surface area contributed by atoms with E-state index >= 15 is 0 Å². The van der Waals surface area contributed by atoms with Crippen molar-refractivity contribution >= 4 is 50.4 Å². The molecule has 1 aliphatic heterocycles. The predicted octanol–water partition coefficient (Wildman–Crippen LogP) is 3.31. The highest BCUT2D eigenvalue weighted by molar-refractivity contribution is 8.01. The molecule has 1 N–H and O–H groups in total. The fourth-order valence-corrected chi connectivity index (χ4v) is 6.70. The lowest BCUT2D eigenvalue weighted by atomic mass is 9.92. The zero-order valence-corrected chi connectivity index (χ0v) is 20.0. The minimum Gasteiger partial charge on any atom is -0.342 e. The molecule has 1 fully saturated rings. The minimum atomic E-state index is -0.442. The molecule has 0 radical (unpaired) electrons. The van der Waals surface area contributed by atoms with Gasteiger partial charge in [0.1, 0.15) is 0 Å². The Bertz CT molecular complexity index is 1360. The van der Waals surface area contributed by atoms with Gasteiger partial charge in [0, 0.05) is 32.4 Å². The maximum absolute atomic E-state index is 12.8. The molecule has 5 rings (SSSR count). The molecule has 10 heteroatoms. The summed E-state index contributed by atoms with van der Waals surface area (Å²) in [7, 11) is 1.65. The molecule has 1 saturated heterocycles. The van der Waals surface area contributed by atoms with Crippen LogP contribution in [0, 0.1) is 11.8 Å². The Kier molecular flexibility index (Phi) is 5.58. The van der Waals surface area contributed by atoms with Crippen LogP contribution in [0.3, 0.4) is 0 Å². The van der Waals surface area contributed by atoms with Gasteiger partial charge in [0.2, 0.25) is 5.95 Å². The molecule has 3 aromatic heterocycles. The summed E-state index contributed by atoms with van der Waals surface area (Å²) in [5.74, 6) is 2.62. The van der Waals surface area contributed by atoms with Crippen molar-refractivity contribution in [1.29, 1.82) is 0 Å². The first-order valence-electron chi connectivity index (χ1n) is 10.8. The molecule has 2 atom stereocenters. The van der Waals surface area contributed by atoms with E-state index in [0.717, 1.165) is 34.6 Å². The Morgan fingerprint density at radius 2 is 1.91 bits per heavy atom. The zero-order valence-electron chi connectivity index (χ0n) is 18.4. The SMILES string of the molecule is C[C@@H]1C[C@@H](C)CN(c2nc3c(c(=O)[nH]c(=O)n3C)n2CCSc2nc3ccccc3s2)C1. The van der Waals surface area contributed by atoms with E-state index in [4.69, 9.17) is 9.97 Å². The van der Waals surface area contributed by atoms with Crippen LogP contribution in [0.15, 0.2) is 38.2 Å². The second-order valence-corrected chi connectivity index (χ2v) is 11.1. The standard InChI is InChI=1S/C22H26N6O2S2/c1-13-10-14(2)12-27(11-13)20-24-18-17(19(29)25-21(30)26(18)3)28(20)8-9-31-22-23-15-6-4-5-7-16(15)32-22/h4-7,13-14H,8-12H2,1-3H3,(H,25,29,30)/t13-,14-/m1/s1. The van der Waals surface area contributed by atoms with E-state index in [2.05, 4.69) is 29.8 Å². The summed E-state index contributed by atoms with van der Waals surface area (Å²) in [5.41, 5.74) is 1.08. The van der Waals surface area contributed by atoms with Crippen molar-refractivity contribution in [2.24, 2.45) is 18.9 Å². The molecule has 4 heterocycles. The lowest BCUT2D eigenvalue weighted by Crippen LogP contribution is -2.40. The number of nitrogens with one attached hydrogen (secondary N) is 1. The van der Waals surface area contributed by atoms with Crippen LogP contribution in [0.4, 0.5) is 5.95 Å². The van der Waals surface area contributed by atoms with Gasteiger partial charge in [-0.2, -0.15) is 4.98 Å². The number of imidazole rings is 1. The number of rotatable bonds is 5. The van der Waals surface area contributed by atoms with E-state index in [1.165, 1.54) is 15.7 Å². The topological polar surface area (TPSA) is 88.8 Å². The summed E-state index contributed by atoms with van der Waals surface area (Å²) in [6.45, 7) is 6.89. The number of fused-ring (bicyclic) bond motifs is 2. The fourth-order valence-electron chi connectivity index (χ4n) is 4.64. The zero-order chi connectivity index (χ0) is 22.4. The molecule has 32 heavy (non-hydrogen) atoms. The van der Waals surface area contributed by atoms with Crippen LogP contribution >= 0.6 is 23.1 Å². The third-order valence-electron chi connectivity index (χ3n) is 5.95. The lowest BCUT2D eigenvalue weighted by Gasteiger charge is -2.35. The van der Waals surface area contributed by atoms with Gasteiger partial charge >= 0.3 is 5.69 Å². The third kappa shape index (κ3) is 3.86. The highest BCUT2D eigenvalue weighted by atomic mass is 32.2.